The number of aliphatic hydroxyl groups excluding tert-OH is 1. The van der Waals surface area contributed by atoms with Crippen molar-refractivity contribution in [1.82, 2.24) is 4.98 Å². The van der Waals surface area contributed by atoms with Crippen molar-refractivity contribution in [1.29, 1.82) is 0 Å². The molecule has 2 nitrogen and oxygen atoms in total. The summed E-state index contributed by atoms with van der Waals surface area (Å²) in [6.07, 6.45) is 3.30. The molecule has 2 rings (SSSR count). The van der Waals surface area contributed by atoms with Gasteiger partial charge in [0, 0.05) is 11.6 Å². The first kappa shape index (κ1) is 10.1. The quantitative estimate of drug-likeness (QED) is 0.827. The van der Waals surface area contributed by atoms with Crippen LogP contribution in [0.2, 0.25) is 0 Å². The van der Waals surface area contributed by atoms with Crippen LogP contribution in [0.15, 0.2) is 36.5 Å². The first-order valence-corrected chi connectivity index (χ1v) is 5.28. The molecular weight excluding hydrogens is 186 g/mol. The lowest BCUT2D eigenvalue weighted by Gasteiger charge is -2.07. The third-order valence-corrected chi connectivity index (χ3v) is 2.57. The van der Waals surface area contributed by atoms with Crippen LogP contribution in [-0.2, 0) is 6.42 Å². The number of pyridine rings is 1. The maximum Gasteiger partial charge on any atom is 0.0704 e. The van der Waals surface area contributed by atoms with Crippen LogP contribution in [0.4, 0.5) is 0 Å². The van der Waals surface area contributed by atoms with Crippen molar-refractivity contribution in [3.05, 3.63) is 42.1 Å². The van der Waals surface area contributed by atoms with Crippen molar-refractivity contribution in [2.24, 2.45) is 0 Å². The van der Waals surface area contributed by atoms with Crippen LogP contribution >= 0.6 is 0 Å². The number of aliphatic hydroxyl groups is 1. The highest BCUT2D eigenvalue weighted by Crippen LogP contribution is 2.17. The molecule has 0 aliphatic carbocycles. The number of rotatable bonds is 3. The first-order chi connectivity index (χ1) is 7.27. The summed E-state index contributed by atoms with van der Waals surface area (Å²) in [7, 11) is 0. The van der Waals surface area contributed by atoms with Gasteiger partial charge in [0.05, 0.1) is 11.6 Å². The minimum Gasteiger partial charge on any atom is -0.393 e. The Hall–Kier alpha value is -1.41. The third kappa shape index (κ3) is 2.34. The van der Waals surface area contributed by atoms with Gasteiger partial charge in [0.2, 0.25) is 0 Å². The molecule has 1 N–H and O–H groups in total. The van der Waals surface area contributed by atoms with Gasteiger partial charge in [0.1, 0.15) is 0 Å². The number of fused-ring (bicyclic) bond motifs is 1. The number of hydrogen-bond acceptors (Lipinski definition) is 2. The van der Waals surface area contributed by atoms with Crippen LogP contribution in [0, 0.1) is 0 Å². The topological polar surface area (TPSA) is 33.1 Å². The molecule has 0 fully saturated rings. The molecule has 0 saturated heterocycles. The van der Waals surface area contributed by atoms with Gasteiger partial charge in [-0.3, -0.25) is 4.98 Å². The highest BCUT2D eigenvalue weighted by Gasteiger charge is 2.02. The molecule has 0 aliphatic heterocycles. The second-order valence-corrected chi connectivity index (χ2v) is 3.87. The molecule has 0 bridgehead atoms. The normalized spacial score (nSPS) is 12.9. The number of aromatic nitrogens is 1. The van der Waals surface area contributed by atoms with Gasteiger partial charge in [-0.25, -0.2) is 0 Å². The van der Waals surface area contributed by atoms with Gasteiger partial charge in [-0.1, -0.05) is 18.2 Å². The second kappa shape index (κ2) is 4.41. The molecule has 0 amide bonds. The van der Waals surface area contributed by atoms with E-state index in [1.165, 1.54) is 10.9 Å². The highest BCUT2D eigenvalue weighted by molar-refractivity contribution is 5.81. The van der Waals surface area contributed by atoms with E-state index in [-0.39, 0.29) is 6.10 Å². The van der Waals surface area contributed by atoms with E-state index in [1.807, 2.05) is 37.4 Å². The molecule has 1 aromatic carbocycles. The second-order valence-electron chi connectivity index (χ2n) is 3.87. The summed E-state index contributed by atoms with van der Waals surface area (Å²) in [6.45, 7) is 1.82. The number of hydrogen-bond donors (Lipinski definition) is 1. The van der Waals surface area contributed by atoms with E-state index in [0.29, 0.717) is 0 Å². The summed E-state index contributed by atoms with van der Waals surface area (Å²) >= 11 is 0. The Balaban J connectivity index is 2.34. The predicted molar refractivity (Wildman–Crippen MR) is 61.7 cm³/mol. The van der Waals surface area contributed by atoms with Crippen molar-refractivity contribution >= 4 is 10.9 Å². The van der Waals surface area contributed by atoms with E-state index in [1.54, 1.807) is 0 Å². The molecular formula is C13H15NO. The third-order valence-electron chi connectivity index (χ3n) is 2.57. The van der Waals surface area contributed by atoms with Crippen molar-refractivity contribution in [2.75, 3.05) is 0 Å². The molecule has 0 saturated carbocycles. The van der Waals surface area contributed by atoms with Gasteiger partial charge in [-0.2, -0.15) is 0 Å². The van der Waals surface area contributed by atoms with Gasteiger partial charge in [0.25, 0.3) is 0 Å². The number of nitrogens with zero attached hydrogens (tertiary/aromatic N) is 1. The van der Waals surface area contributed by atoms with Gasteiger partial charge in [-0.05, 0) is 37.5 Å². The molecule has 1 aromatic heterocycles. The van der Waals surface area contributed by atoms with E-state index < -0.39 is 0 Å². The number of aryl methyl sites for hydroxylation is 1. The Bertz CT molecular complexity index is 446. The fraction of sp³-hybridized carbons (Fsp3) is 0.308. The van der Waals surface area contributed by atoms with E-state index in [2.05, 4.69) is 11.1 Å². The van der Waals surface area contributed by atoms with E-state index >= 15 is 0 Å². The zero-order chi connectivity index (χ0) is 10.7. The van der Waals surface area contributed by atoms with Gasteiger partial charge < -0.3 is 5.11 Å². The monoisotopic (exact) mass is 201 g/mol. The fourth-order valence-corrected chi connectivity index (χ4v) is 1.74. The van der Waals surface area contributed by atoms with Crippen LogP contribution in [0.1, 0.15) is 18.9 Å². The van der Waals surface area contributed by atoms with Gasteiger partial charge in [-0.15, -0.1) is 0 Å². The van der Waals surface area contributed by atoms with Crippen LogP contribution in [0.5, 0.6) is 0 Å². The van der Waals surface area contributed by atoms with Crippen molar-refractivity contribution < 1.29 is 5.11 Å². The van der Waals surface area contributed by atoms with Crippen molar-refractivity contribution in [2.45, 2.75) is 25.9 Å². The van der Waals surface area contributed by atoms with E-state index in [9.17, 15) is 5.11 Å². The Morgan fingerprint density at radius 3 is 2.87 bits per heavy atom. The van der Waals surface area contributed by atoms with Gasteiger partial charge in [0.15, 0.2) is 0 Å². The molecule has 0 spiro atoms. The van der Waals surface area contributed by atoms with Crippen LogP contribution < -0.4 is 0 Å². The summed E-state index contributed by atoms with van der Waals surface area (Å²) in [4.78, 5) is 4.31. The molecule has 2 aromatic rings. The molecule has 2 heteroatoms. The average Bonchev–Trinajstić information content (AvgIpc) is 2.26. The Morgan fingerprint density at radius 1 is 1.27 bits per heavy atom. The minimum absolute atomic E-state index is 0.239. The minimum atomic E-state index is -0.239. The molecule has 1 unspecified atom stereocenters. The highest BCUT2D eigenvalue weighted by atomic mass is 16.3. The Kier molecular flexibility index (Phi) is 2.97. The number of benzene rings is 1. The summed E-state index contributed by atoms with van der Waals surface area (Å²) in [6, 6.07) is 10.1. The Morgan fingerprint density at radius 2 is 2.07 bits per heavy atom. The fourth-order valence-electron chi connectivity index (χ4n) is 1.74. The SMILES string of the molecule is CC(O)CCc1ccnc2ccccc12. The van der Waals surface area contributed by atoms with Crippen LogP contribution in [0.25, 0.3) is 10.9 Å². The standard InChI is InChI=1S/C13H15NO/c1-10(15)6-7-11-8-9-14-13-5-3-2-4-12(11)13/h2-5,8-10,15H,6-7H2,1H3. The largest absolute Gasteiger partial charge is 0.393 e. The van der Waals surface area contributed by atoms with Crippen LogP contribution in [0.3, 0.4) is 0 Å². The smallest absolute Gasteiger partial charge is 0.0704 e. The lowest BCUT2D eigenvalue weighted by Crippen LogP contribution is -2.01. The molecule has 0 aliphatic rings. The lowest BCUT2D eigenvalue weighted by molar-refractivity contribution is 0.185. The zero-order valence-electron chi connectivity index (χ0n) is 8.85. The lowest BCUT2D eigenvalue weighted by atomic mass is 10.0. The molecule has 0 radical (unpaired) electrons. The summed E-state index contributed by atoms with van der Waals surface area (Å²) in [5.74, 6) is 0. The number of para-hydroxylation sites is 1. The Labute approximate surface area is 89.6 Å². The zero-order valence-corrected chi connectivity index (χ0v) is 8.85. The van der Waals surface area contributed by atoms with Crippen molar-refractivity contribution in [3.63, 3.8) is 0 Å². The molecule has 1 atom stereocenters. The summed E-state index contributed by atoms with van der Waals surface area (Å²) in [5.41, 5.74) is 2.29. The predicted octanol–water partition coefficient (Wildman–Crippen LogP) is 2.55. The average molecular weight is 201 g/mol. The maximum absolute atomic E-state index is 9.27. The van der Waals surface area contributed by atoms with E-state index in [0.717, 1.165) is 18.4 Å². The molecule has 78 valence electrons. The van der Waals surface area contributed by atoms with Crippen molar-refractivity contribution in [3.8, 4) is 0 Å². The summed E-state index contributed by atoms with van der Waals surface area (Å²) in [5, 5.41) is 10.5. The molecule has 15 heavy (non-hydrogen) atoms. The van der Waals surface area contributed by atoms with Crippen LogP contribution in [-0.4, -0.2) is 16.2 Å². The maximum atomic E-state index is 9.27. The van der Waals surface area contributed by atoms with Gasteiger partial charge >= 0.3 is 0 Å². The molecule has 1 heterocycles. The summed E-state index contributed by atoms with van der Waals surface area (Å²) < 4.78 is 0. The van der Waals surface area contributed by atoms with E-state index in [4.69, 9.17) is 0 Å². The first-order valence-electron chi connectivity index (χ1n) is 5.28.